The molecule has 0 fully saturated rings. The first kappa shape index (κ1) is 16.8. The Hall–Kier alpha value is -2.25. The number of amides is 1. The maximum atomic E-state index is 11.8. The number of hydrogen-bond donors (Lipinski definition) is 2. The molecule has 2 N–H and O–H groups in total. The van der Waals surface area contributed by atoms with E-state index in [1.165, 1.54) is 0 Å². The van der Waals surface area contributed by atoms with E-state index in [1.807, 2.05) is 6.92 Å². The van der Waals surface area contributed by atoms with E-state index in [4.69, 9.17) is 4.74 Å². The fourth-order valence-electron chi connectivity index (χ4n) is 1.37. The van der Waals surface area contributed by atoms with Crippen molar-refractivity contribution in [2.45, 2.75) is 13.1 Å². The van der Waals surface area contributed by atoms with Crippen molar-refractivity contribution in [2.24, 2.45) is 0 Å². The lowest BCUT2D eigenvalue weighted by Gasteiger charge is -2.08. The molecule has 116 valence electrons. The summed E-state index contributed by atoms with van der Waals surface area (Å²) in [6.45, 7) is 2.89. The first-order chi connectivity index (χ1) is 9.90. The van der Waals surface area contributed by atoms with Gasteiger partial charge in [0.2, 0.25) is 11.8 Å². The zero-order valence-corrected chi connectivity index (χ0v) is 11.4. The number of anilines is 1. The van der Waals surface area contributed by atoms with Crippen molar-refractivity contribution in [1.29, 1.82) is 0 Å². The molecule has 0 aliphatic carbocycles. The molecule has 8 heteroatoms. The first-order valence-electron chi connectivity index (χ1n) is 6.27. The van der Waals surface area contributed by atoms with Gasteiger partial charge in [-0.1, -0.05) is 0 Å². The predicted octanol–water partition coefficient (Wildman–Crippen LogP) is 2.13. The Morgan fingerprint density at radius 2 is 2.19 bits per heavy atom. The summed E-state index contributed by atoms with van der Waals surface area (Å²) in [5.74, 6) is -0.321. The van der Waals surface area contributed by atoms with E-state index in [0.29, 0.717) is 25.1 Å². The average molecular weight is 303 g/mol. The second-order valence-electron chi connectivity index (χ2n) is 3.91. The largest absolute Gasteiger partial charge is 0.478 e. The molecule has 0 unspecified atom stereocenters. The van der Waals surface area contributed by atoms with Gasteiger partial charge in [0.25, 0.3) is 0 Å². The summed E-state index contributed by atoms with van der Waals surface area (Å²) in [6, 6.07) is 3.41. The van der Waals surface area contributed by atoms with Crippen LogP contribution in [0, 0.1) is 0 Å². The third-order valence-electron chi connectivity index (χ3n) is 2.20. The van der Waals surface area contributed by atoms with Gasteiger partial charge in [-0.05, 0) is 13.0 Å². The van der Waals surface area contributed by atoms with Crippen LogP contribution in [0.15, 0.2) is 30.5 Å². The lowest BCUT2D eigenvalue weighted by Crippen LogP contribution is -2.27. The Kier molecular flexibility index (Phi) is 6.51. The summed E-state index contributed by atoms with van der Waals surface area (Å²) in [5, 5.41) is 5.32. The molecular weight excluding hydrogens is 287 g/mol. The van der Waals surface area contributed by atoms with Gasteiger partial charge in [-0.15, -0.1) is 0 Å². The minimum Gasteiger partial charge on any atom is -0.478 e. The number of aromatic nitrogens is 1. The van der Waals surface area contributed by atoms with Gasteiger partial charge in [0, 0.05) is 43.2 Å². The predicted molar refractivity (Wildman–Crippen MR) is 72.1 cm³/mol. The highest BCUT2D eigenvalue weighted by atomic mass is 19.4. The standard InChI is InChI=1S/C13H16F3N3O2/c1-2-21-12-9-10(4-6-19-12)17-7-8-18-11(20)3-5-13(14,15)16/h3-6,9H,2,7-8H2,1H3,(H,17,19)(H,18,20). The van der Waals surface area contributed by atoms with E-state index in [-0.39, 0.29) is 12.6 Å². The Morgan fingerprint density at radius 3 is 2.86 bits per heavy atom. The molecule has 1 amide bonds. The maximum absolute atomic E-state index is 11.8. The van der Waals surface area contributed by atoms with Crippen molar-refractivity contribution in [3.63, 3.8) is 0 Å². The van der Waals surface area contributed by atoms with Crippen molar-refractivity contribution in [3.8, 4) is 5.88 Å². The molecule has 1 rings (SSSR count). The lowest BCUT2D eigenvalue weighted by atomic mass is 10.4. The zero-order chi connectivity index (χ0) is 15.7. The maximum Gasteiger partial charge on any atom is 0.409 e. The van der Waals surface area contributed by atoms with Crippen molar-refractivity contribution < 1.29 is 22.7 Å². The van der Waals surface area contributed by atoms with Crippen LogP contribution in [-0.2, 0) is 4.79 Å². The van der Waals surface area contributed by atoms with Crippen LogP contribution in [0.25, 0.3) is 0 Å². The number of hydrogen-bond acceptors (Lipinski definition) is 4. The molecule has 0 saturated heterocycles. The van der Waals surface area contributed by atoms with E-state index in [0.717, 1.165) is 5.69 Å². The summed E-state index contributed by atoms with van der Waals surface area (Å²) in [7, 11) is 0. The normalized spacial score (nSPS) is 11.4. The monoisotopic (exact) mass is 303 g/mol. The number of nitrogens with zero attached hydrogens (tertiary/aromatic N) is 1. The topological polar surface area (TPSA) is 63.2 Å². The van der Waals surface area contributed by atoms with Crippen molar-refractivity contribution >= 4 is 11.6 Å². The summed E-state index contributed by atoms with van der Waals surface area (Å²) in [4.78, 5) is 15.1. The van der Waals surface area contributed by atoms with Gasteiger partial charge < -0.3 is 15.4 Å². The van der Waals surface area contributed by atoms with Crippen molar-refractivity contribution in [1.82, 2.24) is 10.3 Å². The second-order valence-corrected chi connectivity index (χ2v) is 3.91. The molecule has 0 aliphatic heterocycles. The fourth-order valence-corrected chi connectivity index (χ4v) is 1.37. The second kappa shape index (κ2) is 8.13. The molecule has 0 bridgehead atoms. The summed E-state index contributed by atoms with van der Waals surface area (Å²) in [5.41, 5.74) is 0.744. The van der Waals surface area contributed by atoms with Crippen LogP contribution < -0.4 is 15.4 Å². The number of ether oxygens (including phenoxy) is 1. The molecule has 0 aliphatic rings. The van der Waals surface area contributed by atoms with Gasteiger partial charge in [0.1, 0.15) is 0 Å². The minimum atomic E-state index is -4.48. The van der Waals surface area contributed by atoms with E-state index in [9.17, 15) is 18.0 Å². The van der Waals surface area contributed by atoms with Gasteiger partial charge in [0.05, 0.1) is 6.61 Å². The summed E-state index contributed by atoms with van der Waals surface area (Å²) < 4.78 is 40.7. The van der Waals surface area contributed by atoms with E-state index in [2.05, 4.69) is 15.6 Å². The molecule has 1 heterocycles. The molecule has 0 atom stereocenters. The fraction of sp³-hybridized carbons (Fsp3) is 0.385. The minimum absolute atomic E-state index is 0.104. The van der Waals surface area contributed by atoms with E-state index >= 15 is 0 Å². The summed E-state index contributed by atoms with van der Waals surface area (Å²) in [6.07, 6.45) is -2.56. The van der Waals surface area contributed by atoms with Crippen molar-refractivity contribution in [3.05, 3.63) is 30.5 Å². The number of pyridine rings is 1. The number of carbonyl (C=O) groups is 1. The molecule has 0 radical (unpaired) electrons. The van der Waals surface area contributed by atoms with Crippen LogP contribution in [0.5, 0.6) is 5.88 Å². The third kappa shape index (κ3) is 7.81. The molecule has 1 aromatic rings. The van der Waals surface area contributed by atoms with E-state index < -0.39 is 12.1 Å². The van der Waals surface area contributed by atoms with Gasteiger partial charge in [-0.25, -0.2) is 4.98 Å². The molecule has 0 saturated carbocycles. The number of halogens is 3. The SMILES string of the molecule is CCOc1cc(NCCNC(=O)C=CC(F)(F)F)ccn1. The molecule has 5 nitrogen and oxygen atoms in total. The number of nitrogens with one attached hydrogen (secondary N) is 2. The first-order valence-corrected chi connectivity index (χ1v) is 6.27. The zero-order valence-electron chi connectivity index (χ0n) is 11.4. The lowest BCUT2D eigenvalue weighted by molar-refractivity contribution is -0.117. The molecule has 0 aromatic carbocycles. The van der Waals surface area contributed by atoms with Crippen LogP contribution in [0.1, 0.15) is 6.92 Å². The Labute approximate surface area is 120 Å². The number of allylic oxidation sites excluding steroid dienone is 1. The Bertz CT molecular complexity index is 490. The van der Waals surface area contributed by atoms with Crippen LogP contribution in [0.3, 0.4) is 0 Å². The quantitative estimate of drug-likeness (QED) is 0.598. The molecular formula is C13H16F3N3O2. The van der Waals surface area contributed by atoms with Crippen LogP contribution in [0.2, 0.25) is 0 Å². The van der Waals surface area contributed by atoms with Gasteiger partial charge in [0.15, 0.2) is 0 Å². The van der Waals surface area contributed by atoms with Gasteiger partial charge in [-0.3, -0.25) is 4.79 Å². The number of carbonyl (C=O) groups excluding carboxylic acids is 1. The van der Waals surface area contributed by atoms with Crippen LogP contribution in [-0.4, -0.2) is 36.8 Å². The molecule has 1 aromatic heterocycles. The van der Waals surface area contributed by atoms with Gasteiger partial charge in [-0.2, -0.15) is 13.2 Å². The Balaban J connectivity index is 2.29. The van der Waals surface area contributed by atoms with Crippen LogP contribution >= 0.6 is 0 Å². The highest BCUT2D eigenvalue weighted by Gasteiger charge is 2.22. The molecule has 21 heavy (non-hydrogen) atoms. The van der Waals surface area contributed by atoms with Gasteiger partial charge >= 0.3 is 6.18 Å². The number of alkyl halides is 3. The summed E-state index contributed by atoms with van der Waals surface area (Å²) >= 11 is 0. The van der Waals surface area contributed by atoms with Crippen LogP contribution in [0.4, 0.5) is 18.9 Å². The smallest absolute Gasteiger partial charge is 0.409 e. The van der Waals surface area contributed by atoms with E-state index in [1.54, 1.807) is 18.3 Å². The Morgan fingerprint density at radius 1 is 1.43 bits per heavy atom. The average Bonchev–Trinajstić information content (AvgIpc) is 2.41. The molecule has 0 spiro atoms. The van der Waals surface area contributed by atoms with Crippen molar-refractivity contribution in [2.75, 3.05) is 25.0 Å². The number of rotatable bonds is 7. The third-order valence-corrected chi connectivity index (χ3v) is 2.20. The highest BCUT2D eigenvalue weighted by Crippen LogP contribution is 2.15. The highest BCUT2D eigenvalue weighted by molar-refractivity contribution is 5.87.